The second-order valence-corrected chi connectivity index (χ2v) is 4.30. The van der Waals surface area contributed by atoms with Crippen LogP contribution in [0.1, 0.15) is 39.5 Å². The lowest BCUT2D eigenvalue weighted by Crippen LogP contribution is -2.17. The predicted octanol–water partition coefficient (Wildman–Crippen LogP) is 3.38. The molecular formula is C11H23BrO2. The van der Waals surface area contributed by atoms with E-state index < -0.39 is 0 Å². The fourth-order valence-electron chi connectivity index (χ4n) is 1.02. The van der Waals surface area contributed by atoms with Crippen LogP contribution >= 0.6 is 15.9 Å². The van der Waals surface area contributed by atoms with Gasteiger partial charge in [0, 0.05) is 18.5 Å². The molecule has 0 saturated heterocycles. The topological polar surface area (TPSA) is 18.5 Å². The van der Waals surface area contributed by atoms with Gasteiger partial charge in [0.15, 0.2) is 0 Å². The summed E-state index contributed by atoms with van der Waals surface area (Å²) in [5.74, 6) is 0. The normalized spacial score (nSPS) is 13.1. The van der Waals surface area contributed by atoms with Gasteiger partial charge in [-0.1, -0.05) is 29.3 Å². The van der Waals surface area contributed by atoms with E-state index in [1.54, 1.807) is 0 Å². The Morgan fingerprint density at radius 1 is 1.14 bits per heavy atom. The van der Waals surface area contributed by atoms with Gasteiger partial charge >= 0.3 is 0 Å². The lowest BCUT2D eigenvalue weighted by atomic mass is 10.3. The van der Waals surface area contributed by atoms with Crippen molar-refractivity contribution in [2.45, 2.75) is 45.6 Å². The number of unbranched alkanes of at least 4 members (excludes halogenated alkanes) is 2. The molecule has 1 unspecified atom stereocenters. The Bertz CT molecular complexity index is 97.5. The maximum Gasteiger partial charge on any atom is 0.0780 e. The maximum atomic E-state index is 5.58. The first-order valence-corrected chi connectivity index (χ1v) is 6.68. The van der Waals surface area contributed by atoms with Crippen LogP contribution in [0.15, 0.2) is 0 Å². The highest BCUT2D eigenvalue weighted by Gasteiger charge is 2.01. The van der Waals surface area contributed by atoms with Crippen LogP contribution in [0, 0.1) is 0 Å². The van der Waals surface area contributed by atoms with Gasteiger partial charge < -0.3 is 9.47 Å². The molecule has 0 radical (unpaired) electrons. The summed E-state index contributed by atoms with van der Waals surface area (Å²) in [7, 11) is 0. The van der Waals surface area contributed by atoms with Crippen LogP contribution in [0.2, 0.25) is 0 Å². The predicted molar refractivity (Wildman–Crippen MR) is 64.2 cm³/mol. The number of alkyl halides is 1. The third kappa shape index (κ3) is 10.5. The van der Waals surface area contributed by atoms with E-state index in [9.17, 15) is 0 Å². The Kier molecular flexibility index (Phi) is 11.8. The minimum Gasteiger partial charge on any atom is -0.379 e. The first kappa shape index (κ1) is 14.4. The van der Waals surface area contributed by atoms with E-state index in [0.29, 0.717) is 0 Å². The summed E-state index contributed by atoms with van der Waals surface area (Å²) in [6, 6.07) is 0. The summed E-state index contributed by atoms with van der Waals surface area (Å²) >= 11 is 3.40. The van der Waals surface area contributed by atoms with Crippen LogP contribution in [0.25, 0.3) is 0 Å². The van der Waals surface area contributed by atoms with Gasteiger partial charge in [-0.2, -0.15) is 0 Å². The van der Waals surface area contributed by atoms with Crippen LogP contribution < -0.4 is 0 Å². The SMILES string of the molecule is CCCCOCC(C)OCCCCBr. The summed E-state index contributed by atoms with van der Waals surface area (Å²) in [6.45, 7) is 6.69. The highest BCUT2D eigenvalue weighted by Crippen LogP contribution is 1.99. The van der Waals surface area contributed by atoms with Crippen molar-refractivity contribution in [3.63, 3.8) is 0 Å². The van der Waals surface area contributed by atoms with E-state index in [4.69, 9.17) is 9.47 Å². The second-order valence-electron chi connectivity index (χ2n) is 3.51. The van der Waals surface area contributed by atoms with E-state index in [1.165, 1.54) is 12.8 Å². The standard InChI is InChI=1S/C11H23BrO2/c1-3-4-8-13-10-11(2)14-9-6-5-7-12/h11H,3-10H2,1-2H3. The lowest BCUT2D eigenvalue weighted by Gasteiger charge is -2.12. The quantitative estimate of drug-likeness (QED) is 0.446. The van der Waals surface area contributed by atoms with Crippen molar-refractivity contribution in [2.75, 3.05) is 25.2 Å². The average molecular weight is 267 g/mol. The molecule has 1 atom stereocenters. The Morgan fingerprint density at radius 3 is 2.57 bits per heavy atom. The largest absolute Gasteiger partial charge is 0.379 e. The van der Waals surface area contributed by atoms with Gasteiger partial charge in [0.25, 0.3) is 0 Å². The molecular weight excluding hydrogens is 244 g/mol. The second kappa shape index (κ2) is 11.5. The molecule has 0 aliphatic heterocycles. The molecule has 0 aromatic carbocycles. The van der Waals surface area contributed by atoms with Crippen molar-refractivity contribution in [1.29, 1.82) is 0 Å². The Labute approximate surface area is 96.5 Å². The Morgan fingerprint density at radius 2 is 1.93 bits per heavy atom. The summed E-state index contributed by atoms with van der Waals surface area (Å²) in [5.41, 5.74) is 0. The lowest BCUT2D eigenvalue weighted by molar-refractivity contribution is -0.00799. The summed E-state index contributed by atoms with van der Waals surface area (Å²) in [6.07, 6.45) is 4.90. The minimum atomic E-state index is 0.238. The first-order valence-electron chi connectivity index (χ1n) is 5.56. The van der Waals surface area contributed by atoms with Gasteiger partial charge in [-0.05, 0) is 26.2 Å². The molecule has 86 valence electrons. The van der Waals surface area contributed by atoms with Crippen molar-refractivity contribution < 1.29 is 9.47 Å². The van der Waals surface area contributed by atoms with Gasteiger partial charge in [-0.3, -0.25) is 0 Å². The monoisotopic (exact) mass is 266 g/mol. The smallest absolute Gasteiger partial charge is 0.0780 e. The van der Waals surface area contributed by atoms with Crippen LogP contribution in [-0.2, 0) is 9.47 Å². The number of rotatable bonds is 10. The maximum absolute atomic E-state index is 5.58. The van der Waals surface area contributed by atoms with E-state index in [1.807, 2.05) is 0 Å². The molecule has 0 amide bonds. The summed E-state index contributed by atoms with van der Waals surface area (Å²) < 4.78 is 11.0. The molecule has 14 heavy (non-hydrogen) atoms. The zero-order valence-corrected chi connectivity index (χ0v) is 11.0. The van der Waals surface area contributed by atoms with Gasteiger partial charge in [0.05, 0.1) is 12.7 Å². The number of ether oxygens (including phenoxy) is 2. The highest BCUT2D eigenvalue weighted by molar-refractivity contribution is 9.09. The third-order valence-corrected chi connectivity index (χ3v) is 2.49. The molecule has 0 aromatic rings. The fourth-order valence-corrected chi connectivity index (χ4v) is 1.42. The summed E-state index contributed by atoms with van der Waals surface area (Å²) in [5, 5.41) is 1.07. The van der Waals surface area contributed by atoms with E-state index in [0.717, 1.165) is 38.0 Å². The molecule has 0 heterocycles. The Hall–Kier alpha value is 0.400. The molecule has 0 fully saturated rings. The molecule has 0 rings (SSSR count). The van der Waals surface area contributed by atoms with Gasteiger partial charge in [0.2, 0.25) is 0 Å². The van der Waals surface area contributed by atoms with E-state index in [-0.39, 0.29) is 6.10 Å². The van der Waals surface area contributed by atoms with E-state index in [2.05, 4.69) is 29.8 Å². The zero-order valence-electron chi connectivity index (χ0n) is 9.43. The Balaban J connectivity index is 3.07. The number of hydrogen-bond donors (Lipinski definition) is 0. The summed E-state index contributed by atoms with van der Waals surface area (Å²) in [4.78, 5) is 0. The first-order chi connectivity index (χ1) is 6.81. The molecule has 0 bridgehead atoms. The third-order valence-electron chi connectivity index (χ3n) is 1.93. The van der Waals surface area contributed by atoms with Crippen molar-refractivity contribution in [1.82, 2.24) is 0 Å². The minimum absolute atomic E-state index is 0.238. The van der Waals surface area contributed by atoms with Crippen molar-refractivity contribution >= 4 is 15.9 Å². The van der Waals surface area contributed by atoms with Crippen molar-refractivity contribution in [3.05, 3.63) is 0 Å². The molecule has 0 N–H and O–H groups in total. The van der Waals surface area contributed by atoms with Crippen molar-refractivity contribution in [2.24, 2.45) is 0 Å². The molecule has 0 aromatic heterocycles. The van der Waals surface area contributed by atoms with Crippen LogP contribution in [0.3, 0.4) is 0 Å². The average Bonchev–Trinajstić information content (AvgIpc) is 2.19. The fraction of sp³-hybridized carbons (Fsp3) is 1.00. The number of hydrogen-bond acceptors (Lipinski definition) is 2. The van der Waals surface area contributed by atoms with Crippen molar-refractivity contribution in [3.8, 4) is 0 Å². The van der Waals surface area contributed by atoms with Gasteiger partial charge in [-0.25, -0.2) is 0 Å². The highest BCUT2D eigenvalue weighted by atomic mass is 79.9. The molecule has 0 aliphatic carbocycles. The molecule has 3 heteroatoms. The van der Waals surface area contributed by atoms with Crippen LogP contribution in [0.5, 0.6) is 0 Å². The van der Waals surface area contributed by atoms with E-state index >= 15 is 0 Å². The molecule has 0 saturated carbocycles. The van der Waals surface area contributed by atoms with Crippen LogP contribution in [0.4, 0.5) is 0 Å². The molecule has 2 nitrogen and oxygen atoms in total. The zero-order chi connectivity index (χ0) is 10.6. The molecule has 0 spiro atoms. The van der Waals surface area contributed by atoms with Gasteiger partial charge in [0.1, 0.15) is 0 Å². The number of halogens is 1. The molecule has 0 aliphatic rings. The van der Waals surface area contributed by atoms with Crippen LogP contribution in [-0.4, -0.2) is 31.3 Å². The van der Waals surface area contributed by atoms with Gasteiger partial charge in [-0.15, -0.1) is 0 Å².